The van der Waals surface area contributed by atoms with Crippen molar-refractivity contribution in [3.63, 3.8) is 0 Å². The number of benzene rings is 1. The summed E-state index contributed by atoms with van der Waals surface area (Å²) in [5.74, 6) is 0. The standard InChI is InChI=1S/C9H11NO/c1-6-2-3-7-4-8(6)9(11)5-10-7/h2-4,9-11H,5H2,1H3. The van der Waals surface area contributed by atoms with E-state index in [9.17, 15) is 5.11 Å². The van der Waals surface area contributed by atoms with Gasteiger partial charge < -0.3 is 10.4 Å². The third kappa shape index (κ3) is 0.994. The highest BCUT2D eigenvalue weighted by atomic mass is 16.3. The van der Waals surface area contributed by atoms with E-state index in [0.29, 0.717) is 6.54 Å². The molecule has 2 heteroatoms. The van der Waals surface area contributed by atoms with Gasteiger partial charge in [-0.2, -0.15) is 0 Å². The number of aliphatic hydroxyl groups excluding tert-OH is 1. The van der Waals surface area contributed by atoms with Gasteiger partial charge in [-0.1, -0.05) is 6.07 Å². The first kappa shape index (κ1) is 6.68. The van der Waals surface area contributed by atoms with Crippen molar-refractivity contribution in [3.8, 4) is 0 Å². The van der Waals surface area contributed by atoms with Gasteiger partial charge in [0.25, 0.3) is 0 Å². The summed E-state index contributed by atoms with van der Waals surface area (Å²) in [4.78, 5) is 0. The Labute approximate surface area is 65.9 Å². The normalized spacial score (nSPS) is 21.1. The van der Waals surface area contributed by atoms with Gasteiger partial charge in [0.15, 0.2) is 0 Å². The smallest absolute Gasteiger partial charge is 0.0965 e. The second kappa shape index (κ2) is 2.24. The minimum atomic E-state index is -0.330. The lowest BCUT2D eigenvalue weighted by Crippen LogP contribution is -2.17. The van der Waals surface area contributed by atoms with Gasteiger partial charge in [-0.25, -0.2) is 0 Å². The van der Waals surface area contributed by atoms with E-state index in [-0.39, 0.29) is 6.10 Å². The molecule has 0 fully saturated rings. The maximum atomic E-state index is 9.49. The minimum absolute atomic E-state index is 0.330. The Morgan fingerprint density at radius 2 is 2.36 bits per heavy atom. The molecule has 1 aliphatic rings. The van der Waals surface area contributed by atoms with Crippen molar-refractivity contribution in [2.45, 2.75) is 13.0 Å². The van der Waals surface area contributed by atoms with E-state index in [4.69, 9.17) is 0 Å². The molecule has 1 aliphatic heterocycles. The van der Waals surface area contributed by atoms with E-state index in [1.165, 1.54) is 5.56 Å². The number of β-amino-alcohol motifs (C(OH)–C–C–N with tert-alkyl or cyclic N) is 1. The van der Waals surface area contributed by atoms with Gasteiger partial charge in [-0.3, -0.25) is 0 Å². The molecule has 0 saturated heterocycles. The van der Waals surface area contributed by atoms with Gasteiger partial charge in [0, 0.05) is 12.2 Å². The molecule has 1 aromatic carbocycles. The summed E-state index contributed by atoms with van der Waals surface area (Å²) in [6, 6.07) is 6.06. The fraction of sp³-hybridized carbons (Fsp3) is 0.333. The first-order chi connectivity index (χ1) is 5.27. The van der Waals surface area contributed by atoms with Crippen LogP contribution in [0.4, 0.5) is 5.69 Å². The van der Waals surface area contributed by atoms with Crippen molar-refractivity contribution in [2.75, 3.05) is 11.9 Å². The summed E-state index contributed by atoms with van der Waals surface area (Å²) in [5.41, 5.74) is 3.33. The van der Waals surface area contributed by atoms with Crippen LogP contribution < -0.4 is 5.32 Å². The number of hydrogen-bond donors (Lipinski definition) is 2. The van der Waals surface area contributed by atoms with Crippen LogP contribution in [0, 0.1) is 6.92 Å². The van der Waals surface area contributed by atoms with Gasteiger partial charge in [0.1, 0.15) is 0 Å². The lowest BCUT2D eigenvalue weighted by Gasteiger charge is -2.21. The van der Waals surface area contributed by atoms with Crippen molar-refractivity contribution in [2.24, 2.45) is 0 Å². The average molecular weight is 149 g/mol. The Kier molecular flexibility index (Phi) is 1.36. The first-order valence-electron chi connectivity index (χ1n) is 3.80. The fourth-order valence-corrected chi connectivity index (χ4v) is 1.43. The average Bonchev–Trinajstić information content (AvgIpc) is 2.02. The molecule has 1 aromatic rings. The van der Waals surface area contributed by atoms with Gasteiger partial charge >= 0.3 is 0 Å². The second-order valence-corrected chi connectivity index (χ2v) is 2.97. The number of anilines is 1. The van der Waals surface area contributed by atoms with Gasteiger partial charge in [0.2, 0.25) is 0 Å². The molecule has 58 valence electrons. The topological polar surface area (TPSA) is 32.3 Å². The summed E-state index contributed by atoms with van der Waals surface area (Å²) < 4.78 is 0. The quantitative estimate of drug-likeness (QED) is 0.585. The van der Waals surface area contributed by atoms with Crippen molar-refractivity contribution >= 4 is 5.69 Å². The molecule has 0 saturated carbocycles. The lowest BCUT2D eigenvalue weighted by atomic mass is 9.99. The van der Waals surface area contributed by atoms with Crippen molar-refractivity contribution in [3.05, 3.63) is 29.3 Å². The van der Waals surface area contributed by atoms with E-state index >= 15 is 0 Å². The van der Waals surface area contributed by atoms with Gasteiger partial charge in [-0.05, 0) is 30.2 Å². The van der Waals surface area contributed by atoms with Crippen LogP contribution in [0.15, 0.2) is 18.2 Å². The first-order valence-corrected chi connectivity index (χ1v) is 3.80. The van der Waals surface area contributed by atoms with Crippen LogP contribution in [-0.4, -0.2) is 11.7 Å². The van der Waals surface area contributed by atoms with E-state index in [1.54, 1.807) is 0 Å². The molecule has 0 amide bonds. The summed E-state index contributed by atoms with van der Waals surface area (Å²) in [6.45, 7) is 2.66. The van der Waals surface area contributed by atoms with Crippen molar-refractivity contribution in [1.29, 1.82) is 0 Å². The zero-order valence-corrected chi connectivity index (χ0v) is 6.46. The predicted octanol–water partition coefficient (Wildman–Crippen LogP) is 1.45. The van der Waals surface area contributed by atoms with Crippen LogP contribution in [0.1, 0.15) is 17.2 Å². The number of nitrogens with one attached hydrogen (secondary N) is 1. The van der Waals surface area contributed by atoms with Crippen molar-refractivity contribution < 1.29 is 5.11 Å². The van der Waals surface area contributed by atoms with Gasteiger partial charge in [0.05, 0.1) is 6.10 Å². The SMILES string of the molecule is Cc1ccc2cc1C(O)CN2. The minimum Gasteiger partial charge on any atom is -0.387 e. The van der Waals surface area contributed by atoms with Crippen LogP contribution in [0.3, 0.4) is 0 Å². The third-order valence-corrected chi connectivity index (χ3v) is 2.14. The molecule has 0 spiro atoms. The summed E-state index contributed by atoms with van der Waals surface area (Å²) in [5, 5.41) is 12.6. The highest BCUT2D eigenvalue weighted by molar-refractivity contribution is 5.52. The molecule has 1 atom stereocenters. The molecular weight excluding hydrogens is 138 g/mol. The van der Waals surface area contributed by atoms with Crippen LogP contribution in [0.25, 0.3) is 0 Å². The monoisotopic (exact) mass is 149 g/mol. The Morgan fingerprint density at radius 1 is 1.55 bits per heavy atom. The molecule has 0 aromatic heterocycles. The van der Waals surface area contributed by atoms with E-state index in [2.05, 4.69) is 5.32 Å². The van der Waals surface area contributed by atoms with Crippen molar-refractivity contribution in [1.82, 2.24) is 0 Å². The number of fused-ring (bicyclic) bond motifs is 2. The molecule has 2 N–H and O–H groups in total. The Bertz CT molecular complexity index is 283. The Hall–Kier alpha value is -1.02. The van der Waals surface area contributed by atoms with E-state index in [0.717, 1.165) is 11.3 Å². The lowest BCUT2D eigenvalue weighted by molar-refractivity contribution is 0.189. The maximum Gasteiger partial charge on any atom is 0.0965 e. The van der Waals surface area contributed by atoms with Crippen LogP contribution >= 0.6 is 0 Å². The molecule has 2 rings (SSSR count). The molecule has 2 bridgehead atoms. The number of hydrogen-bond acceptors (Lipinski definition) is 2. The largest absolute Gasteiger partial charge is 0.387 e. The number of rotatable bonds is 0. The van der Waals surface area contributed by atoms with Crippen LogP contribution in [0.5, 0.6) is 0 Å². The summed E-state index contributed by atoms with van der Waals surface area (Å²) in [6.07, 6.45) is -0.330. The second-order valence-electron chi connectivity index (χ2n) is 2.97. The van der Waals surface area contributed by atoms with Crippen LogP contribution in [0.2, 0.25) is 0 Å². The molecule has 0 radical (unpaired) electrons. The molecule has 2 nitrogen and oxygen atoms in total. The Morgan fingerprint density at radius 3 is 3.09 bits per heavy atom. The van der Waals surface area contributed by atoms with Gasteiger partial charge in [-0.15, -0.1) is 0 Å². The molecular formula is C9H11NO. The van der Waals surface area contributed by atoms with Crippen LogP contribution in [-0.2, 0) is 0 Å². The molecule has 0 aliphatic carbocycles. The summed E-state index contributed by atoms with van der Waals surface area (Å²) in [7, 11) is 0. The zero-order valence-electron chi connectivity index (χ0n) is 6.46. The number of aliphatic hydroxyl groups is 1. The van der Waals surface area contributed by atoms with E-state index < -0.39 is 0 Å². The maximum absolute atomic E-state index is 9.49. The van der Waals surface area contributed by atoms with E-state index in [1.807, 2.05) is 25.1 Å². The number of aryl methyl sites for hydroxylation is 1. The molecule has 1 unspecified atom stereocenters. The zero-order chi connectivity index (χ0) is 7.84. The highest BCUT2D eigenvalue weighted by Crippen LogP contribution is 2.26. The fourth-order valence-electron chi connectivity index (χ4n) is 1.43. The molecule has 11 heavy (non-hydrogen) atoms. The molecule has 1 heterocycles. The highest BCUT2D eigenvalue weighted by Gasteiger charge is 2.15. The predicted molar refractivity (Wildman–Crippen MR) is 44.6 cm³/mol. The Balaban J connectivity index is 2.55. The summed E-state index contributed by atoms with van der Waals surface area (Å²) >= 11 is 0. The third-order valence-electron chi connectivity index (χ3n) is 2.14.